The molecule has 2 aromatic carbocycles. The summed E-state index contributed by atoms with van der Waals surface area (Å²) in [7, 11) is 0. The first kappa shape index (κ1) is 21.5. The van der Waals surface area contributed by atoms with Crippen molar-refractivity contribution in [2.45, 2.75) is 30.8 Å². The summed E-state index contributed by atoms with van der Waals surface area (Å²) in [6, 6.07) is 13.5. The smallest absolute Gasteiger partial charge is 0.274 e. The monoisotopic (exact) mass is 452 g/mol. The van der Waals surface area contributed by atoms with Crippen molar-refractivity contribution in [3.05, 3.63) is 76.8 Å². The molecular weight excluding hydrogens is 435 g/mol. The van der Waals surface area contributed by atoms with Crippen LogP contribution >= 0.6 is 11.6 Å². The Labute approximate surface area is 188 Å². The third-order valence-corrected chi connectivity index (χ3v) is 5.34. The molecule has 10 heteroatoms. The molecule has 0 spiro atoms. The van der Waals surface area contributed by atoms with Gasteiger partial charge in [-0.3, -0.25) is 9.59 Å². The van der Waals surface area contributed by atoms with Crippen LogP contribution in [0.5, 0.6) is 0 Å². The summed E-state index contributed by atoms with van der Waals surface area (Å²) >= 11 is 5.93. The van der Waals surface area contributed by atoms with E-state index in [1.54, 1.807) is 24.3 Å². The molecule has 1 fully saturated rings. The van der Waals surface area contributed by atoms with Gasteiger partial charge in [0.05, 0.1) is 18.0 Å². The summed E-state index contributed by atoms with van der Waals surface area (Å²) < 4.78 is 13.1. The number of rotatable bonds is 7. The molecule has 1 atom stereocenters. The van der Waals surface area contributed by atoms with E-state index in [-0.39, 0.29) is 12.1 Å². The summed E-state index contributed by atoms with van der Waals surface area (Å²) in [5.41, 5.74) is 0.382. The zero-order valence-electron chi connectivity index (χ0n) is 16.8. The van der Waals surface area contributed by atoms with Crippen LogP contribution in [0, 0.1) is 17.1 Å². The predicted molar refractivity (Wildman–Crippen MR) is 113 cm³/mol. The van der Waals surface area contributed by atoms with Gasteiger partial charge in [-0.1, -0.05) is 23.7 Å². The summed E-state index contributed by atoms with van der Waals surface area (Å²) in [4.78, 5) is 26.9. The van der Waals surface area contributed by atoms with Crippen molar-refractivity contribution >= 4 is 23.4 Å². The van der Waals surface area contributed by atoms with E-state index in [1.165, 1.54) is 35.3 Å². The maximum atomic E-state index is 13.1. The number of carbonyl (C=O) groups is 2. The Morgan fingerprint density at radius 3 is 2.50 bits per heavy atom. The standard InChI is InChI=1S/C22H18ClFN6O2/c23-15-3-1-14(2-4-15)11-18(21(32)28-22(13-25)9-10-22)27-20(31)19-12-26-30(29-19)17-7-5-16(24)6-8-17/h1-8,12,18H,9-11H2,(H,27,31)(H,28,32)/t18-/m0/s1. The first-order valence-electron chi connectivity index (χ1n) is 9.84. The van der Waals surface area contributed by atoms with Crippen molar-refractivity contribution in [1.29, 1.82) is 5.26 Å². The lowest BCUT2D eigenvalue weighted by Crippen LogP contribution is -2.51. The summed E-state index contributed by atoms with van der Waals surface area (Å²) in [5, 5.41) is 23.4. The van der Waals surface area contributed by atoms with Crippen LogP contribution in [-0.2, 0) is 11.2 Å². The molecule has 0 radical (unpaired) electrons. The van der Waals surface area contributed by atoms with Crippen LogP contribution in [-0.4, -0.2) is 38.4 Å². The topological polar surface area (TPSA) is 113 Å². The first-order chi connectivity index (χ1) is 15.4. The molecule has 0 bridgehead atoms. The van der Waals surface area contributed by atoms with E-state index in [2.05, 4.69) is 26.9 Å². The first-order valence-corrected chi connectivity index (χ1v) is 10.2. The fourth-order valence-corrected chi connectivity index (χ4v) is 3.20. The number of nitriles is 1. The Morgan fingerprint density at radius 1 is 1.19 bits per heavy atom. The minimum absolute atomic E-state index is 0.00958. The van der Waals surface area contributed by atoms with Crippen molar-refractivity contribution in [3.63, 3.8) is 0 Å². The average Bonchev–Trinajstić information content (AvgIpc) is 3.38. The summed E-state index contributed by atoms with van der Waals surface area (Å²) in [6.07, 6.45) is 2.60. The third kappa shape index (κ3) is 4.92. The zero-order chi connectivity index (χ0) is 22.7. The van der Waals surface area contributed by atoms with Crippen LogP contribution in [0.25, 0.3) is 5.69 Å². The molecule has 2 amide bonds. The fourth-order valence-electron chi connectivity index (χ4n) is 3.08. The predicted octanol–water partition coefficient (Wildman–Crippen LogP) is 2.57. The molecule has 0 aliphatic heterocycles. The highest BCUT2D eigenvalue weighted by Crippen LogP contribution is 2.34. The quantitative estimate of drug-likeness (QED) is 0.572. The van der Waals surface area contributed by atoms with Gasteiger partial charge >= 0.3 is 0 Å². The zero-order valence-corrected chi connectivity index (χ0v) is 17.5. The van der Waals surface area contributed by atoms with Crippen LogP contribution in [0.2, 0.25) is 5.02 Å². The van der Waals surface area contributed by atoms with Crippen molar-refractivity contribution < 1.29 is 14.0 Å². The van der Waals surface area contributed by atoms with Crippen LogP contribution in [0.1, 0.15) is 28.9 Å². The van der Waals surface area contributed by atoms with E-state index in [1.807, 2.05) is 0 Å². The second kappa shape index (κ2) is 8.77. The second-order valence-electron chi connectivity index (χ2n) is 7.54. The number of amides is 2. The van der Waals surface area contributed by atoms with Gasteiger partial charge in [0, 0.05) is 11.4 Å². The molecule has 0 saturated heterocycles. The van der Waals surface area contributed by atoms with Crippen LogP contribution < -0.4 is 10.6 Å². The Balaban J connectivity index is 1.51. The van der Waals surface area contributed by atoms with E-state index in [4.69, 9.17) is 11.6 Å². The molecule has 4 rings (SSSR count). The van der Waals surface area contributed by atoms with Crippen LogP contribution in [0.4, 0.5) is 4.39 Å². The maximum Gasteiger partial charge on any atom is 0.274 e. The van der Waals surface area contributed by atoms with Crippen molar-refractivity contribution in [2.24, 2.45) is 0 Å². The lowest BCUT2D eigenvalue weighted by Gasteiger charge is -2.20. The van der Waals surface area contributed by atoms with Gasteiger partial charge in [-0.05, 0) is 54.8 Å². The molecule has 32 heavy (non-hydrogen) atoms. The van der Waals surface area contributed by atoms with E-state index in [0.717, 1.165) is 5.56 Å². The molecular formula is C22H18ClFN6O2. The number of nitrogens with one attached hydrogen (secondary N) is 2. The normalized spacial score (nSPS) is 14.8. The van der Waals surface area contributed by atoms with E-state index < -0.39 is 29.2 Å². The lowest BCUT2D eigenvalue weighted by molar-refractivity contribution is -0.123. The van der Waals surface area contributed by atoms with Gasteiger partial charge in [-0.2, -0.15) is 15.2 Å². The number of benzene rings is 2. The minimum Gasteiger partial charge on any atom is -0.338 e. The molecule has 1 aliphatic rings. The number of nitrogens with zero attached hydrogens (tertiary/aromatic N) is 4. The Bertz CT molecular complexity index is 1180. The fraction of sp³-hybridized carbons (Fsp3) is 0.227. The average molecular weight is 453 g/mol. The maximum absolute atomic E-state index is 13.1. The molecule has 1 heterocycles. The molecule has 8 nitrogen and oxygen atoms in total. The highest BCUT2D eigenvalue weighted by molar-refractivity contribution is 6.30. The van der Waals surface area contributed by atoms with Crippen molar-refractivity contribution in [1.82, 2.24) is 25.6 Å². The number of hydrogen-bond donors (Lipinski definition) is 2. The summed E-state index contributed by atoms with van der Waals surface area (Å²) in [5.74, 6) is -1.46. The van der Waals surface area contributed by atoms with Gasteiger partial charge in [-0.15, -0.1) is 5.10 Å². The van der Waals surface area contributed by atoms with Crippen LogP contribution in [0.15, 0.2) is 54.7 Å². The molecule has 0 unspecified atom stereocenters. The number of hydrogen-bond acceptors (Lipinski definition) is 5. The van der Waals surface area contributed by atoms with Gasteiger partial charge in [-0.25, -0.2) is 4.39 Å². The SMILES string of the molecule is N#CC1(NC(=O)[C@H](Cc2ccc(Cl)cc2)NC(=O)c2cnn(-c3ccc(F)cc3)n2)CC1. The van der Waals surface area contributed by atoms with Crippen molar-refractivity contribution in [3.8, 4) is 11.8 Å². The van der Waals surface area contributed by atoms with Gasteiger partial charge in [0.25, 0.3) is 5.91 Å². The minimum atomic E-state index is -0.939. The van der Waals surface area contributed by atoms with Gasteiger partial charge in [0.15, 0.2) is 5.69 Å². The van der Waals surface area contributed by atoms with Gasteiger partial charge in [0.1, 0.15) is 17.4 Å². The van der Waals surface area contributed by atoms with E-state index in [9.17, 15) is 19.2 Å². The molecule has 1 aromatic heterocycles. The molecule has 162 valence electrons. The highest BCUT2D eigenvalue weighted by atomic mass is 35.5. The Hall–Kier alpha value is -3.77. The van der Waals surface area contributed by atoms with Gasteiger partial charge < -0.3 is 10.6 Å². The largest absolute Gasteiger partial charge is 0.338 e. The molecule has 2 N–H and O–H groups in total. The summed E-state index contributed by atoms with van der Waals surface area (Å²) in [6.45, 7) is 0. The van der Waals surface area contributed by atoms with Crippen molar-refractivity contribution in [2.75, 3.05) is 0 Å². The second-order valence-corrected chi connectivity index (χ2v) is 7.97. The number of halogens is 2. The van der Waals surface area contributed by atoms with E-state index >= 15 is 0 Å². The molecule has 3 aromatic rings. The molecule has 1 aliphatic carbocycles. The van der Waals surface area contributed by atoms with E-state index in [0.29, 0.717) is 23.6 Å². The third-order valence-electron chi connectivity index (χ3n) is 5.08. The lowest BCUT2D eigenvalue weighted by atomic mass is 10.0. The number of aromatic nitrogens is 3. The highest BCUT2D eigenvalue weighted by Gasteiger charge is 2.45. The Morgan fingerprint density at radius 2 is 1.88 bits per heavy atom. The van der Waals surface area contributed by atoms with Crippen LogP contribution in [0.3, 0.4) is 0 Å². The molecule has 1 saturated carbocycles. The number of carbonyl (C=O) groups excluding carboxylic acids is 2. The van der Waals surface area contributed by atoms with Gasteiger partial charge in [0.2, 0.25) is 5.91 Å². The Kier molecular flexibility index (Phi) is 5.88.